The van der Waals surface area contributed by atoms with Gasteiger partial charge in [0.05, 0.1) is 30.2 Å². The van der Waals surface area contributed by atoms with Gasteiger partial charge in [0, 0.05) is 62.8 Å². The molecule has 0 spiro atoms. The molecular weight excluding hydrogens is 659 g/mol. The zero-order valence-corrected chi connectivity index (χ0v) is 30.9. The van der Waals surface area contributed by atoms with Gasteiger partial charge in [-0.1, -0.05) is 31.2 Å². The Morgan fingerprint density at radius 3 is 2.48 bits per heavy atom. The Balaban J connectivity index is 1.35. The number of fused-ring (bicyclic) bond motifs is 1. The van der Waals surface area contributed by atoms with E-state index in [1.807, 2.05) is 70.0 Å². The van der Waals surface area contributed by atoms with E-state index in [2.05, 4.69) is 9.89 Å². The second-order valence-electron chi connectivity index (χ2n) is 14.0. The molecule has 0 aliphatic carbocycles. The van der Waals surface area contributed by atoms with Crippen molar-refractivity contribution >= 4 is 39.5 Å². The van der Waals surface area contributed by atoms with Crippen LogP contribution in [0.1, 0.15) is 58.9 Å². The summed E-state index contributed by atoms with van der Waals surface area (Å²) in [6.45, 7) is 11.7. The molecule has 2 aromatic rings. The van der Waals surface area contributed by atoms with Gasteiger partial charge in [0.25, 0.3) is 0 Å². The predicted octanol–water partition coefficient (Wildman–Crippen LogP) is 4.05. The van der Waals surface area contributed by atoms with Crippen molar-refractivity contribution in [2.45, 2.75) is 63.9 Å². The van der Waals surface area contributed by atoms with E-state index in [0.29, 0.717) is 63.0 Å². The number of hydrogen-bond donors (Lipinski definition) is 2. The number of amides is 1. The number of aliphatic imine (C=N–C) groups is 1. The molecule has 0 bridgehead atoms. The zero-order valence-electron chi connectivity index (χ0n) is 30.1. The fourth-order valence-corrected chi connectivity index (χ4v) is 7.47. The Hall–Kier alpha value is -3.62. The lowest BCUT2D eigenvalue weighted by Gasteiger charge is -2.36. The highest BCUT2D eigenvalue weighted by Crippen LogP contribution is 2.34. The topological polar surface area (TPSA) is 155 Å². The molecular formula is C37H53N5O7S. The molecule has 1 amide bonds. The first kappa shape index (κ1) is 39.2. The summed E-state index contributed by atoms with van der Waals surface area (Å²) >= 11 is 0. The molecule has 2 aromatic carbocycles. The predicted molar refractivity (Wildman–Crippen MR) is 195 cm³/mol. The molecule has 4 rings (SSSR count). The van der Waals surface area contributed by atoms with Crippen LogP contribution < -0.4 is 5.73 Å². The Labute approximate surface area is 297 Å². The van der Waals surface area contributed by atoms with Gasteiger partial charge in [0.2, 0.25) is 15.9 Å². The number of rotatable bonds is 17. The lowest BCUT2D eigenvalue weighted by atomic mass is 10.0. The number of sulfonamides is 1. The van der Waals surface area contributed by atoms with Crippen molar-refractivity contribution in [3.05, 3.63) is 53.6 Å². The molecule has 50 heavy (non-hydrogen) atoms. The first-order valence-corrected chi connectivity index (χ1v) is 18.8. The van der Waals surface area contributed by atoms with Crippen LogP contribution in [-0.4, -0.2) is 117 Å². The molecule has 3 N–H and O–H groups in total. The molecule has 0 radical (unpaired) electrons. The van der Waals surface area contributed by atoms with Crippen LogP contribution in [0.5, 0.6) is 0 Å². The fraction of sp³-hybridized carbons (Fsp3) is 0.541. The summed E-state index contributed by atoms with van der Waals surface area (Å²) in [6, 6.07) is 12.4. The molecule has 13 heteroatoms. The normalized spacial score (nSPS) is 15.5. The van der Waals surface area contributed by atoms with E-state index in [0.717, 1.165) is 36.1 Å². The van der Waals surface area contributed by atoms with Crippen molar-refractivity contribution in [2.75, 3.05) is 66.1 Å². The molecule has 0 unspecified atom stereocenters. The smallest absolute Gasteiger partial charge is 0.308 e. The van der Waals surface area contributed by atoms with E-state index < -0.39 is 15.6 Å². The van der Waals surface area contributed by atoms with E-state index in [-0.39, 0.29) is 42.1 Å². The Morgan fingerprint density at radius 2 is 1.78 bits per heavy atom. The van der Waals surface area contributed by atoms with Crippen molar-refractivity contribution in [3.8, 4) is 11.1 Å². The van der Waals surface area contributed by atoms with E-state index in [9.17, 15) is 23.1 Å². The molecule has 1 saturated heterocycles. The van der Waals surface area contributed by atoms with E-state index in [4.69, 9.17) is 15.2 Å². The van der Waals surface area contributed by atoms with Crippen molar-refractivity contribution < 1.29 is 32.6 Å². The SMILES string of the molecule is CCCN(CCCN(C)CCOCCC(=O)OC(C)(C)C)C(=O)C1=Cc2ccc(-c3cccc(S(=O)(=O)N4CC(CO)C4)c3)cc2N=C(N)C1. The molecule has 274 valence electrons. The van der Waals surface area contributed by atoms with Crippen molar-refractivity contribution in [2.24, 2.45) is 16.6 Å². The second kappa shape index (κ2) is 17.5. The number of carbonyl (C=O) groups excluding carboxylic acids is 2. The average molecular weight is 712 g/mol. The number of carbonyl (C=O) groups is 2. The molecule has 0 aromatic heterocycles. The first-order chi connectivity index (χ1) is 23.7. The number of ether oxygens (including phenoxy) is 2. The summed E-state index contributed by atoms with van der Waals surface area (Å²) in [7, 11) is -1.65. The van der Waals surface area contributed by atoms with Crippen LogP contribution in [-0.2, 0) is 29.1 Å². The highest BCUT2D eigenvalue weighted by atomic mass is 32.2. The maximum absolute atomic E-state index is 13.8. The summed E-state index contributed by atoms with van der Waals surface area (Å²) in [5, 5.41) is 9.31. The lowest BCUT2D eigenvalue weighted by molar-refractivity contribution is -0.156. The summed E-state index contributed by atoms with van der Waals surface area (Å²) in [6.07, 6.45) is 3.90. The number of nitrogens with two attached hydrogens (primary N) is 1. The van der Waals surface area contributed by atoms with Crippen LogP contribution in [0.4, 0.5) is 5.69 Å². The molecule has 0 saturated carbocycles. The fourth-order valence-electron chi connectivity index (χ4n) is 5.83. The average Bonchev–Trinajstić information content (AvgIpc) is 3.20. The Morgan fingerprint density at radius 1 is 1.04 bits per heavy atom. The highest BCUT2D eigenvalue weighted by Gasteiger charge is 2.36. The third kappa shape index (κ3) is 10.9. The first-order valence-electron chi connectivity index (χ1n) is 17.4. The quantitative estimate of drug-likeness (QED) is 0.183. The van der Waals surface area contributed by atoms with Crippen LogP contribution in [0.3, 0.4) is 0 Å². The monoisotopic (exact) mass is 711 g/mol. The van der Waals surface area contributed by atoms with Crippen LogP contribution in [0.2, 0.25) is 0 Å². The van der Waals surface area contributed by atoms with E-state index >= 15 is 0 Å². The Bertz CT molecular complexity index is 1660. The van der Waals surface area contributed by atoms with Gasteiger partial charge < -0.3 is 30.1 Å². The van der Waals surface area contributed by atoms with E-state index in [1.54, 1.807) is 18.2 Å². The summed E-state index contributed by atoms with van der Waals surface area (Å²) in [5.74, 6) is -0.0327. The standard InChI is InChI=1S/C37H53N5O7S/c1-6-14-41(16-8-15-40(5)17-19-48-18-13-35(44)49-37(2,3)4)36(45)31-20-30-12-11-29(22-33(30)39-34(38)23-31)28-9-7-10-32(21-28)50(46,47)42-24-27(25-42)26-43/h7,9-12,20-22,27,43H,6,8,13-19,23-26H2,1-5H3,(H2,38,39). The van der Waals surface area contributed by atoms with Crippen molar-refractivity contribution in [3.63, 3.8) is 0 Å². The highest BCUT2D eigenvalue weighted by molar-refractivity contribution is 7.89. The third-order valence-corrected chi connectivity index (χ3v) is 10.3. The number of aliphatic hydroxyl groups is 1. The van der Waals surface area contributed by atoms with Gasteiger partial charge in [-0.05, 0) is 82.6 Å². The number of amidine groups is 1. The summed E-state index contributed by atoms with van der Waals surface area (Å²) in [5.41, 5.74) is 9.29. The Kier molecular flexibility index (Phi) is 13.7. The van der Waals surface area contributed by atoms with Crippen LogP contribution in [0, 0.1) is 5.92 Å². The van der Waals surface area contributed by atoms with Gasteiger partial charge in [-0.3, -0.25) is 9.59 Å². The van der Waals surface area contributed by atoms with Crippen LogP contribution in [0.25, 0.3) is 17.2 Å². The molecule has 2 aliphatic rings. The van der Waals surface area contributed by atoms with Gasteiger partial charge in [-0.25, -0.2) is 13.4 Å². The van der Waals surface area contributed by atoms with Crippen LogP contribution >= 0.6 is 0 Å². The summed E-state index contributed by atoms with van der Waals surface area (Å²) in [4.78, 5) is 34.5. The van der Waals surface area contributed by atoms with Gasteiger partial charge in [-0.2, -0.15) is 4.31 Å². The number of hydrogen-bond acceptors (Lipinski definition) is 10. The number of nitrogens with zero attached hydrogens (tertiary/aromatic N) is 4. The maximum atomic E-state index is 13.8. The minimum Gasteiger partial charge on any atom is -0.460 e. The maximum Gasteiger partial charge on any atom is 0.308 e. The van der Waals surface area contributed by atoms with Gasteiger partial charge in [0.15, 0.2) is 0 Å². The summed E-state index contributed by atoms with van der Waals surface area (Å²) < 4.78 is 38.6. The molecule has 0 atom stereocenters. The zero-order chi connectivity index (χ0) is 36.5. The van der Waals surface area contributed by atoms with Crippen LogP contribution in [0.15, 0.2) is 57.9 Å². The van der Waals surface area contributed by atoms with Crippen molar-refractivity contribution in [1.29, 1.82) is 0 Å². The second-order valence-corrected chi connectivity index (χ2v) is 16.0. The minimum atomic E-state index is -3.66. The lowest BCUT2D eigenvalue weighted by Crippen LogP contribution is -2.51. The van der Waals surface area contributed by atoms with Crippen molar-refractivity contribution in [1.82, 2.24) is 14.1 Å². The molecule has 12 nitrogen and oxygen atoms in total. The largest absolute Gasteiger partial charge is 0.460 e. The van der Waals surface area contributed by atoms with Gasteiger partial charge in [0.1, 0.15) is 11.4 Å². The third-order valence-electron chi connectivity index (χ3n) is 8.49. The molecule has 2 aliphatic heterocycles. The van der Waals surface area contributed by atoms with Gasteiger partial charge >= 0.3 is 5.97 Å². The van der Waals surface area contributed by atoms with Gasteiger partial charge in [-0.15, -0.1) is 0 Å². The van der Waals surface area contributed by atoms with E-state index in [1.165, 1.54) is 4.31 Å². The number of aliphatic hydroxyl groups excluding tert-OH is 1. The number of esters is 1. The number of benzene rings is 2. The molecule has 1 fully saturated rings. The molecule has 2 heterocycles. The minimum absolute atomic E-state index is 0.0254. The number of likely N-dealkylation sites (N-methyl/N-ethyl adjacent to an activating group) is 1.